The first-order chi connectivity index (χ1) is 15.1. The van der Waals surface area contributed by atoms with Gasteiger partial charge in [-0.1, -0.05) is 19.9 Å². The van der Waals surface area contributed by atoms with Crippen LogP contribution >= 0.6 is 0 Å². The molecule has 3 aromatic rings. The Balaban J connectivity index is 0.00000114. The minimum Gasteiger partial charge on any atom is -0.313 e. The first-order valence-electron chi connectivity index (χ1n) is 9.07. The monoisotopic (exact) mass is 467 g/mol. The third kappa shape index (κ3) is 5.76. The van der Waals surface area contributed by atoms with Crippen molar-refractivity contribution in [2.24, 2.45) is 5.41 Å². The van der Waals surface area contributed by atoms with Crippen molar-refractivity contribution in [1.82, 2.24) is 25.0 Å². The third-order valence-corrected chi connectivity index (χ3v) is 4.66. The molecule has 1 amide bonds. The number of amides is 1. The average Bonchev–Trinajstić information content (AvgIpc) is 3.28. The summed E-state index contributed by atoms with van der Waals surface area (Å²) in [6.45, 7) is 3.24. The molecule has 3 rings (SSSR count). The Labute approximate surface area is 184 Å². The highest BCUT2D eigenvalue weighted by molar-refractivity contribution is 7.51. The molecule has 0 spiro atoms. The molecular weight excluding hydrogens is 448 g/mol. The molecule has 0 radical (unpaired) electrons. The number of rotatable bonds is 6. The van der Waals surface area contributed by atoms with Gasteiger partial charge < -0.3 is 4.57 Å². The van der Waals surface area contributed by atoms with Crippen LogP contribution in [-0.2, 0) is 22.9 Å². The van der Waals surface area contributed by atoms with Gasteiger partial charge in [-0.3, -0.25) is 14.8 Å². The van der Waals surface area contributed by atoms with Crippen LogP contribution in [-0.4, -0.2) is 39.1 Å². The fourth-order valence-corrected chi connectivity index (χ4v) is 2.78. The molecule has 0 saturated heterocycles. The van der Waals surface area contributed by atoms with Crippen molar-refractivity contribution in [2.45, 2.75) is 26.8 Å². The largest absolute Gasteiger partial charge is 0.335 e. The molecule has 13 heteroatoms. The molecule has 0 aliphatic heterocycles. The highest BCUT2D eigenvalue weighted by Gasteiger charge is 2.27. The first-order valence-corrected chi connectivity index (χ1v) is 9.74. The molecule has 32 heavy (non-hydrogen) atoms. The maximum absolute atomic E-state index is 14.6. The van der Waals surface area contributed by atoms with Gasteiger partial charge in [-0.15, -0.1) is 4.80 Å². The van der Waals surface area contributed by atoms with E-state index in [1.807, 2.05) is 0 Å². The van der Waals surface area contributed by atoms with Crippen LogP contribution in [0, 0.1) is 17.0 Å². The molecule has 0 unspecified atom stereocenters. The SMILES string of the molecule is CC(C)(CCn1cc(F)c(-c2ccc(-n3nccn3)c(F)c2)cc1=O)C(=O)NO.O=S=O. The number of halogens is 2. The first kappa shape index (κ1) is 24.7. The Bertz CT molecular complexity index is 1190. The van der Waals surface area contributed by atoms with Crippen LogP contribution in [0.4, 0.5) is 8.78 Å². The summed E-state index contributed by atoms with van der Waals surface area (Å²) < 4.78 is 46.8. The minimum atomic E-state index is -0.956. The predicted molar refractivity (Wildman–Crippen MR) is 108 cm³/mol. The number of aryl methyl sites for hydroxylation is 1. The lowest BCUT2D eigenvalue weighted by Gasteiger charge is -2.22. The summed E-state index contributed by atoms with van der Waals surface area (Å²) in [6, 6.07) is 5.05. The molecule has 0 fully saturated rings. The van der Waals surface area contributed by atoms with Gasteiger partial charge in [0.05, 0.1) is 12.4 Å². The second kappa shape index (κ2) is 10.6. The Kier molecular flexibility index (Phi) is 8.21. The van der Waals surface area contributed by atoms with Crippen molar-refractivity contribution in [1.29, 1.82) is 0 Å². The van der Waals surface area contributed by atoms with E-state index in [2.05, 4.69) is 10.2 Å². The fraction of sp³-hybridized carbons (Fsp3) is 0.263. The van der Waals surface area contributed by atoms with Gasteiger partial charge in [0.15, 0.2) is 5.82 Å². The summed E-state index contributed by atoms with van der Waals surface area (Å²) in [6.07, 6.45) is 4.01. The van der Waals surface area contributed by atoms with E-state index in [0.29, 0.717) is 0 Å². The van der Waals surface area contributed by atoms with E-state index in [9.17, 15) is 18.4 Å². The Hall–Kier alpha value is -3.58. The Morgan fingerprint density at radius 2 is 1.78 bits per heavy atom. The van der Waals surface area contributed by atoms with Gasteiger partial charge in [-0.25, -0.2) is 14.3 Å². The standard InChI is InChI=1S/C19H19F2N5O3.O2S/c1-19(2,18(28)24-29)5-8-25-11-15(21)13(10-17(25)27)12-3-4-16(14(20)9-12)26-22-6-7-23-26;1-3-2/h3-4,6-7,9-11,29H,5,8H2,1-2H3,(H,24,28);. The predicted octanol–water partition coefficient (Wildman–Crippen LogP) is 1.63. The number of carbonyl (C=O) groups excluding carboxylic acids is 1. The Morgan fingerprint density at radius 1 is 1.16 bits per heavy atom. The van der Waals surface area contributed by atoms with Crippen molar-refractivity contribution in [2.75, 3.05) is 0 Å². The summed E-state index contributed by atoms with van der Waals surface area (Å²) in [5.74, 6) is -1.98. The molecule has 1 aromatic carbocycles. The summed E-state index contributed by atoms with van der Waals surface area (Å²) in [5, 5.41) is 16.5. The van der Waals surface area contributed by atoms with Crippen LogP contribution in [0.2, 0.25) is 0 Å². The zero-order valence-corrected chi connectivity index (χ0v) is 17.8. The van der Waals surface area contributed by atoms with Crippen molar-refractivity contribution < 1.29 is 27.2 Å². The number of nitrogens with zero attached hydrogens (tertiary/aromatic N) is 4. The lowest BCUT2D eigenvalue weighted by molar-refractivity contribution is -0.138. The number of hydrogen-bond donors (Lipinski definition) is 2. The lowest BCUT2D eigenvalue weighted by atomic mass is 9.88. The van der Waals surface area contributed by atoms with E-state index in [4.69, 9.17) is 13.6 Å². The van der Waals surface area contributed by atoms with Crippen molar-refractivity contribution >= 4 is 17.5 Å². The van der Waals surface area contributed by atoms with E-state index >= 15 is 0 Å². The van der Waals surface area contributed by atoms with E-state index in [1.165, 1.54) is 24.5 Å². The van der Waals surface area contributed by atoms with Gasteiger partial charge in [0.2, 0.25) is 5.91 Å². The van der Waals surface area contributed by atoms with Crippen LogP contribution in [0.15, 0.2) is 47.7 Å². The smallest absolute Gasteiger partial charge is 0.313 e. The van der Waals surface area contributed by atoms with Crippen LogP contribution in [0.3, 0.4) is 0 Å². The second-order valence-electron chi connectivity index (χ2n) is 7.19. The van der Waals surface area contributed by atoms with E-state index in [1.54, 1.807) is 19.3 Å². The average molecular weight is 467 g/mol. The van der Waals surface area contributed by atoms with E-state index in [-0.39, 0.29) is 29.8 Å². The van der Waals surface area contributed by atoms with E-state index < -0.39 is 40.1 Å². The molecule has 0 aliphatic carbocycles. The second-order valence-corrected chi connectivity index (χ2v) is 7.33. The van der Waals surface area contributed by atoms with Gasteiger partial charge in [0.1, 0.15) is 11.5 Å². The van der Waals surface area contributed by atoms with Gasteiger partial charge >= 0.3 is 11.6 Å². The molecule has 10 nitrogen and oxygen atoms in total. The maximum Gasteiger partial charge on any atom is 0.335 e. The number of hydrogen-bond acceptors (Lipinski definition) is 7. The van der Waals surface area contributed by atoms with Crippen LogP contribution in [0.25, 0.3) is 16.8 Å². The number of nitrogens with one attached hydrogen (secondary N) is 1. The number of hydroxylamine groups is 1. The summed E-state index contributed by atoms with van der Waals surface area (Å²) in [4.78, 5) is 25.1. The minimum absolute atomic E-state index is 0.0440. The van der Waals surface area contributed by atoms with Crippen LogP contribution in [0.1, 0.15) is 20.3 Å². The lowest BCUT2D eigenvalue weighted by Crippen LogP contribution is -2.36. The van der Waals surface area contributed by atoms with Crippen LogP contribution in [0.5, 0.6) is 0 Å². The summed E-state index contributed by atoms with van der Waals surface area (Å²) >= 11 is -0.750. The van der Waals surface area contributed by atoms with Crippen molar-refractivity contribution in [3.63, 3.8) is 0 Å². The maximum atomic E-state index is 14.6. The van der Waals surface area contributed by atoms with Crippen molar-refractivity contribution in [3.8, 4) is 16.8 Å². The van der Waals surface area contributed by atoms with E-state index in [0.717, 1.165) is 27.7 Å². The topological polar surface area (TPSA) is 136 Å². The summed E-state index contributed by atoms with van der Waals surface area (Å²) in [7, 11) is 0. The molecule has 2 aromatic heterocycles. The molecule has 0 aliphatic rings. The van der Waals surface area contributed by atoms with Gasteiger partial charge in [-0.05, 0) is 24.1 Å². The fourth-order valence-electron chi connectivity index (χ4n) is 2.78. The zero-order valence-electron chi connectivity index (χ0n) is 17.0. The number of carbonyl (C=O) groups is 1. The highest BCUT2D eigenvalue weighted by Crippen LogP contribution is 2.25. The van der Waals surface area contributed by atoms with Gasteiger partial charge in [0, 0.05) is 29.8 Å². The van der Waals surface area contributed by atoms with Crippen LogP contribution < -0.4 is 11.0 Å². The van der Waals surface area contributed by atoms with Crippen molar-refractivity contribution in [3.05, 3.63) is 64.8 Å². The zero-order chi connectivity index (χ0) is 23.9. The number of benzene rings is 1. The molecule has 0 atom stereocenters. The normalized spacial score (nSPS) is 10.8. The molecular formula is C19H19F2N5O5S. The third-order valence-electron chi connectivity index (χ3n) is 4.66. The molecule has 2 N–H and O–H groups in total. The summed E-state index contributed by atoms with van der Waals surface area (Å²) in [5.41, 5.74) is 0.361. The highest BCUT2D eigenvalue weighted by atomic mass is 32.1. The quantitative estimate of drug-likeness (QED) is 0.415. The number of aromatic nitrogens is 4. The van der Waals surface area contributed by atoms with Gasteiger partial charge in [0.25, 0.3) is 5.56 Å². The molecule has 0 saturated carbocycles. The number of pyridine rings is 1. The molecule has 0 bridgehead atoms. The Morgan fingerprint density at radius 3 is 2.34 bits per heavy atom. The molecule has 2 heterocycles. The van der Waals surface area contributed by atoms with Gasteiger partial charge in [-0.2, -0.15) is 18.6 Å². The molecule has 170 valence electrons.